The molecule has 0 aliphatic rings. The number of hydrogen-bond acceptors (Lipinski definition) is 4. The standard InChI is InChI=1S/C9H14N2O2S/c1-3-4-5-8-6-7-10-9(11-8)14(2,12)13/h6-7H,3-5H2,1-2H3. The minimum absolute atomic E-state index is 0.0777. The Bertz CT molecular complexity index is 401. The van der Waals surface area contributed by atoms with Crippen LogP contribution in [0.5, 0.6) is 0 Å². The second kappa shape index (κ2) is 4.50. The number of aryl methyl sites for hydroxylation is 1. The number of aromatic nitrogens is 2. The number of hydrogen-bond donors (Lipinski definition) is 0. The third-order valence-corrected chi connectivity index (χ3v) is 2.67. The molecule has 14 heavy (non-hydrogen) atoms. The fourth-order valence-corrected chi connectivity index (χ4v) is 1.59. The van der Waals surface area contributed by atoms with Gasteiger partial charge in [-0.2, -0.15) is 0 Å². The van der Waals surface area contributed by atoms with Gasteiger partial charge in [0.2, 0.25) is 15.0 Å². The van der Waals surface area contributed by atoms with Gasteiger partial charge >= 0.3 is 0 Å². The largest absolute Gasteiger partial charge is 0.246 e. The zero-order valence-corrected chi connectivity index (χ0v) is 9.21. The highest BCUT2D eigenvalue weighted by Crippen LogP contribution is 2.05. The van der Waals surface area contributed by atoms with Crippen LogP contribution in [-0.4, -0.2) is 24.6 Å². The number of sulfone groups is 1. The molecule has 0 fully saturated rings. The lowest BCUT2D eigenvalue weighted by atomic mass is 10.2. The highest BCUT2D eigenvalue weighted by Gasteiger charge is 2.10. The Hall–Kier alpha value is -0.970. The van der Waals surface area contributed by atoms with E-state index in [-0.39, 0.29) is 5.16 Å². The van der Waals surface area contributed by atoms with E-state index in [1.807, 2.05) is 0 Å². The first-order valence-corrected chi connectivity index (χ1v) is 6.45. The van der Waals surface area contributed by atoms with Crippen molar-refractivity contribution in [3.63, 3.8) is 0 Å². The molecule has 1 aromatic rings. The fraction of sp³-hybridized carbons (Fsp3) is 0.556. The van der Waals surface area contributed by atoms with Gasteiger partial charge in [0.25, 0.3) is 0 Å². The molecule has 0 unspecified atom stereocenters. The van der Waals surface area contributed by atoms with Crippen LogP contribution in [0.2, 0.25) is 0 Å². The summed E-state index contributed by atoms with van der Waals surface area (Å²) in [5.41, 5.74) is 0.794. The Labute approximate surface area is 84.3 Å². The maximum atomic E-state index is 11.1. The van der Waals surface area contributed by atoms with Crippen LogP contribution in [0.4, 0.5) is 0 Å². The molecule has 78 valence electrons. The number of nitrogens with zero attached hydrogens (tertiary/aromatic N) is 2. The molecule has 0 amide bonds. The highest BCUT2D eigenvalue weighted by atomic mass is 32.2. The van der Waals surface area contributed by atoms with E-state index in [1.165, 1.54) is 6.20 Å². The third kappa shape index (κ3) is 3.06. The van der Waals surface area contributed by atoms with E-state index >= 15 is 0 Å². The average Bonchev–Trinajstić information content (AvgIpc) is 2.14. The van der Waals surface area contributed by atoms with Crippen molar-refractivity contribution < 1.29 is 8.42 Å². The van der Waals surface area contributed by atoms with Crippen molar-refractivity contribution in [1.29, 1.82) is 0 Å². The summed E-state index contributed by atoms with van der Waals surface area (Å²) in [5, 5.41) is -0.0777. The van der Waals surface area contributed by atoms with E-state index in [9.17, 15) is 8.42 Å². The minimum Gasteiger partial charge on any atom is -0.227 e. The van der Waals surface area contributed by atoms with Gasteiger partial charge in [-0.25, -0.2) is 18.4 Å². The summed E-state index contributed by atoms with van der Waals surface area (Å²) in [6.45, 7) is 2.08. The summed E-state index contributed by atoms with van der Waals surface area (Å²) >= 11 is 0. The van der Waals surface area contributed by atoms with Gasteiger partial charge in [-0.05, 0) is 18.9 Å². The monoisotopic (exact) mass is 214 g/mol. The van der Waals surface area contributed by atoms with Crippen molar-refractivity contribution in [1.82, 2.24) is 9.97 Å². The molecule has 0 aliphatic heterocycles. The quantitative estimate of drug-likeness (QED) is 0.707. The molecule has 0 saturated heterocycles. The van der Waals surface area contributed by atoms with Gasteiger partial charge in [0, 0.05) is 18.1 Å². The van der Waals surface area contributed by atoms with Crippen LogP contribution < -0.4 is 0 Å². The molecule has 0 aromatic carbocycles. The van der Waals surface area contributed by atoms with Crippen LogP contribution in [0, 0.1) is 0 Å². The summed E-state index contributed by atoms with van der Waals surface area (Å²) in [6.07, 6.45) is 5.50. The maximum absolute atomic E-state index is 11.1. The Kier molecular flexibility index (Phi) is 3.57. The van der Waals surface area contributed by atoms with Crippen molar-refractivity contribution in [2.24, 2.45) is 0 Å². The van der Waals surface area contributed by atoms with Gasteiger partial charge in [-0.15, -0.1) is 0 Å². The molecule has 0 bridgehead atoms. The SMILES string of the molecule is CCCCc1ccnc(S(C)(=O)=O)n1. The van der Waals surface area contributed by atoms with Crippen molar-refractivity contribution in [2.75, 3.05) is 6.26 Å². The fourth-order valence-electron chi connectivity index (χ4n) is 1.05. The Morgan fingerprint density at radius 3 is 2.71 bits per heavy atom. The first-order chi connectivity index (χ1) is 6.54. The maximum Gasteiger partial charge on any atom is 0.246 e. The van der Waals surface area contributed by atoms with Crippen LogP contribution in [0.1, 0.15) is 25.5 Å². The van der Waals surface area contributed by atoms with Crippen molar-refractivity contribution >= 4 is 9.84 Å². The van der Waals surface area contributed by atoms with Gasteiger partial charge in [-0.1, -0.05) is 13.3 Å². The van der Waals surface area contributed by atoms with E-state index in [0.717, 1.165) is 31.2 Å². The van der Waals surface area contributed by atoms with Gasteiger partial charge in [-0.3, -0.25) is 0 Å². The molecular weight excluding hydrogens is 200 g/mol. The minimum atomic E-state index is -3.27. The van der Waals surface area contributed by atoms with Gasteiger partial charge in [0.05, 0.1) is 0 Å². The molecule has 0 atom stereocenters. The molecule has 0 N–H and O–H groups in total. The Morgan fingerprint density at radius 2 is 2.14 bits per heavy atom. The zero-order chi connectivity index (χ0) is 10.6. The number of unbranched alkanes of at least 4 members (excludes halogenated alkanes) is 1. The van der Waals surface area contributed by atoms with Crippen LogP contribution in [0.3, 0.4) is 0 Å². The topological polar surface area (TPSA) is 59.9 Å². The summed E-state index contributed by atoms with van der Waals surface area (Å²) in [7, 11) is -3.27. The predicted octanol–water partition coefficient (Wildman–Crippen LogP) is 1.22. The van der Waals surface area contributed by atoms with Crippen LogP contribution >= 0.6 is 0 Å². The smallest absolute Gasteiger partial charge is 0.227 e. The highest BCUT2D eigenvalue weighted by molar-refractivity contribution is 7.90. The molecule has 0 spiro atoms. The van der Waals surface area contributed by atoms with Gasteiger partial charge in [0.1, 0.15) is 0 Å². The first-order valence-electron chi connectivity index (χ1n) is 4.56. The second-order valence-electron chi connectivity index (χ2n) is 3.21. The van der Waals surface area contributed by atoms with Crippen LogP contribution in [0.15, 0.2) is 17.4 Å². The van der Waals surface area contributed by atoms with E-state index in [4.69, 9.17) is 0 Å². The normalized spacial score (nSPS) is 11.6. The molecule has 4 nitrogen and oxygen atoms in total. The zero-order valence-electron chi connectivity index (χ0n) is 8.40. The Balaban J connectivity index is 2.90. The van der Waals surface area contributed by atoms with Crippen molar-refractivity contribution in [3.05, 3.63) is 18.0 Å². The van der Waals surface area contributed by atoms with E-state index < -0.39 is 9.84 Å². The number of rotatable bonds is 4. The predicted molar refractivity (Wildman–Crippen MR) is 53.8 cm³/mol. The molecular formula is C9H14N2O2S. The first kappa shape index (κ1) is 11.1. The lowest BCUT2D eigenvalue weighted by molar-refractivity contribution is 0.591. The van der Waals surface area contributed by atoms with Crippen molar-refractivity contribution in [2.45, 2.75) is 31.3 Å². The van der Waals surface area contributed by atoms with Gasteiger partial charge < -0.3 is 0 Å². The van der Waals surface area contributed by atoms with Crippen LogP contribution in [-0.2, 0) is 16.3 Å². The van der Waals surface area contributed by atoms with Gasteiger partial charge in [0.15, 0.2) is 0 Å². The lowest BCUT2D eigenvalue weighted by Crippen LogP contribution is -2.05. The molecule has 0 saturated carbocycles. The van der Waals surface area contributed by atoms with Crippen molar-refractivity contribution in [3.8, 4) is 0 Å². The third-order valence-electron chi connectivity index (χ3n) is 1.81. The van der Waals surface area contributed by atoms with Crippen LogP contribution in [0.25, 0.3) is 0 Å². The molecule has 1 aromatic heterocycles. The molecule has 0 radical (unpaired) electrons. The van der Waals surface area contributed by atoms with E-state index in [2.05, 4.69) is 16.9 Å². The summed E-state index contributed by atoms with van der Waals surface area (Å²) in [4.78, 5) is 7.70. The summed E-state index contributed by atoms with van der Waals surface area (Å²) < 4.78 is 22.3. The molecule has 1 heterocycles. The van der Waals surface area contributed by atoms with E-state index in [1.54, 1.807) is 6.07 Å². The van der Waals surface area contributed by atoms with E-state index in [0.29, 0.717) is 0 Å². The molecule has 5 heteroatoms. The molecule has 1 rings (SSSR count). The second-order valence-corrected chi connectivity index (χ2v) is 5.12. The summed E-state index contributed by atoms with van der Waals surface area (Å²) in [5.74, 6) is 0. The Morgan fingerprint density at radius 1 is 1.43 bits per heavy atom. The lowest BCUT2D eigenvalue weighted by Gasteiger charge is -2.00. The molecule has 0 aliphatic carbocycles. The summed E-state index contributed by atoms with van der Waals surface area (Å²) in [6, 6.07) is 1.75. The average molecular weight is 214 g/mol.